The topological polar surface area (TPSA) is 101 Å². The molecular formula is C25H29N3O6S. The molecule has 1 aromatic heterocycles. The third-order valence-electron chi connectivity index (χ3n) is 5.39. The summed E-state index contributed by atoms with van der Waals surface area (Å²) in [5, 5.41) is 7.63. The molecule has 9 nitrogen and oxygen atoms in total. The van der Waals surface area contributed by atoms with Crippen molar-refractivity contribution >= 4 is 22.5 Å². The molecule has 4 rings (SSSR count). The standard InChI is InChI=1S/C25H29N3O6S/c1-5-32-21-12-16(13-22(33-6-2)23(21)34-7-3)25(29)26-24-19-14-35(30)15-20(19)27-28(24)17-8-10-18(31-4)11-9-17/h8-13H,5-7,14-15H2,1-4H3,(H,26,29)/t35-/m1/s1. The molecule has 35 heavy (non-hydrogen) atoms. The number of nitrogens with one attached hydrogen (secondary N) is 1. The van der Waals surface area contributed by atoms with Gasteiger partial charge >= 0.3 is 0 Å². The van der Waals surface area contributed by atoms with Crippen LogP contribution in [0.4, 0.5) is 5.82 Å². The molecule has 0 bridgehead atoms. The Morgan fingerprint density at radius 2 is 1.63 bits per heavy atom. The van der Waals surface area contributed by atoms with E-state index in [1.165, 1.54) is 0 Å². The van der Waals surface area contributed by atoms with Crippen LogP contribution in [-0.2, 0) is 22.3 Å². The van der Waals surface area contributed by atoms with Gasteiger partial charge in [-0.25, -0.2) is 4.68 Å². The third kappa shape index (κ3) is 5.12. The Kier molecular flexibility index (Phi) is 7.60. The van der Waals surface area contributed by atoms with Gasteiger partial charge in [0.15, 0.2) is 11.5 Å². The van der Waals surface area contributed by atoms with Gasteiger partial charge in [0.1, 0.15) is 11.6 Å². The predicted octanol–water partition coefficient (Wildman–Crippen LogP) is 4.09. The van der Waals surface area contributed by atoms with Gasteiger partial charge in [0, 0.05) is 21.9 Å². The van der Waals surface area contributed by atoms with Crippen molar-refractivity contribution < 1.29 is 28.0 Å². The molecule has 10 heteroatoms. The fourth-order valence-corrected chi connectivity index (χ4v) is 5.13. The van der Waals surface area contributed by atoms with Gasteiger partial charge in [-0.05, 0) is 57.2 Å². The molecule has 0 radical (unpaired) electrons. The Hall–Kier alpha value is -3.53. The zero-order valence-electron chi connectivity index (χ0n) is 20.3. The van der Waals surface area contributed by atoms with E-state index in [-0.39, 0.29) is 5.91 Å². The van der Waals surface area contributed by atoms with Gasteiger partial charge in [0.2, 0.25) is 5.75 Å². The average Bonchev–Trinajstić information content (AvgIpc) is 3.37. The fourth-order valence-electron chi connectivity index (χ4n) is 3.87. The number of hydrogen-bond acceptors (Lipinski definition) is 7. The summed E-state index contributed by atoms with van der Waals surface area (Å²) >= 11 is 0. The molecule has 1 atom stereocenters. The van der Waals surface area contributed by atoms with Gasteiger partial charge in [-0.15, -0.1) is 0 Å². The maximum Gasteiger partial charge on any atom is 0.257 e. The molecule has 0 saturated heterocycles. The molecule has 186 valence electrons. The van der Waals surface area contributed by atoms with E-state index < -0.39 is 10.8 Å². The summed E-state index contributed by atoms with van der Waals surface area (Å²) in [5.74, 6) is 2.84. The summed E-state index contributed by atoms with van der Waals surface area (Å²) in [6.07, 6.45) is 0. The monoisotopic (exact) mass is 499 g/mol. The first-order valence-corrected chi connectivity index (χ1v) is 13.0. The van der Waals surface area contributed by atoms with E-state index in [9.17, 15) is 9.00 Å². The molecule has 1 aliphatic rings. The van der Waals surface area contributed by atoms with Crippen LogP contribution in [0.15, 0.2) is 36.4 Å². The van der Waals surface area contributed by atoms with E-state index in [2.05, 4.69) is 10.4 Å². The van der Waals surface area contributed by atoms with E-state index in [1.807, 2.05) is 45.0 Å². The van der Waals surface area contributed by atoms with E-state index in [1.54, 1.807) is 23.9 Å². The molecule has 0 fully saturated rings. The smallest absolute Gasteiger partial charge is 0.257 e. The lowest BCUT2D eigenvalue weighted by molar-refractivity contribution is 0.102. The largest absolute Gasteiger partial charge is 0.497 e. The van der Waals surface area contributed by atoms with Crippen LogP contribution in [0, 0.1) is 0 Å². The number of nitrogens with zero attached hydrogens (tertiary/aromatic N) is 2. The Balaban J connectivity index is 1.73. The number of aromatic nitrogens is 2. The van der Waals surface area contributed by atoms with E-state index in [0.717, 1.165) is 11.3 Å². The number of benzene rings is 2. The highest BCUT2D eigenvalue weighted by atomic mass is 32.2. The minimum Gasteiger partial charge on any atom is -0.497 e. The van der Waals surface area contributed by atoms with Crippen LogP contribution < -0.4 is 24.3 Å². The number of anilines is 1. The summed E-state index contributed by atoms with van der Waals surface area (Å²) in [5.41, 5.74) is 2.58. The van der Waals surface area contributed by atoms with Gasteiger partial charge < -0.3 is 24.3 Å². The lowest BCUT2D eigenvalue weighted by Gasteiger charge is -2.17. The van der Waals surface area contributed by atoms with Crippen molar-refractivity contribution in [3.63, 3.8) is 0 Å². The number of hydrogen-bond donors (Lipinski definition) is 1. The van der Waals surface area contributed by atoms with Crippen molar-refractivity contribution in [1.82, 2.24) is 9.78 Å². The maximum atomic E-state index is 13.5. The van der Waals surface area contributed by atoms with E-state index in [4.69, 9.17) is 18.9 Å². The van der Waals surface area contributed by atoms with Crippen molar-refractivity contribution in [2.75, 3.05) is 32.2 Å². The Labute approximate surface area is 206 Å². The van der Waals surface area contributed by atoms with Crippen molar-refractivity contribution in [2.45, 2.75) is 32.3 Å². The second kappa shape index (κ2) is 10.8. The lowest BCUT2D eigenvalue weighted by atomic mass is 10.1. The Bertz CT molecular complexity index is 1210. The number of carbonyl (C=O) groups is 1. The van der Waals surface area contributed by atoms with Crippen molar-refractivity contribution in [2.24, 2.45) is 0 Å². The molecule has 1 amide bonds. The van der Waals surface area contributed by atoms with Crippen molar-refractivity contribution in [1.29, 1.82) is 0 Å². The van der Waals surface area contributed by atoms with Gasteiger partial charge in [-0.2, -0.15) is 5.10 Å². The minimum absolute atomic E-state index is 0.332. The molecule has 1 N–H and O–H groups in total. The number of amides is 1. The molecule has 0 saturated carbocycles. The fraction of sp³-hybridized carbons (Fsp3) is 0.360. The normalized spacial score (nSPS) is 14.3. The van der Waals surface area contributed by atoms with Crippen LogP contribution in [0.5, 0.6) is 23.0 Å². The second-order valence-electron chi connectivity index (χ2n) is 7.67. The number of ether oxygens (including phenoxy) is 4. The highest BCUT2D eigenvalue weighted by Crippen LogP contribution is 2.40. The van der Waals surface area contributed by atoms with Crippen LogP contribution in [0.1, 0.15) is 42.4 Å². The van der Waals surface area contributed by atoms with Gasteiger partial charge in [-0.1, -0.05) is 0 Å². The van der Waals surface area contributed by atoms with Gasteiger partial charge in [0.05, 0.1) is 49.8 Å². The Morgan fingerprint density at radius 3 is 2.20 bits per heavy atom. The van der Waals surface area contributed by atoms with Crippen molar-refractivity contribution in [3.8, 4) is 28.7 Å². The molecule has 1 aliphatic heterocycles. The van der Waals surface area contributed by atoms with Crippen LogP contribution in [0.3, 0.4) is 0 Å². The zero-order chi connectivity index (χ0) is 24.9. The van der Waals surface area contributed by atoms with E-state index in [0.29, 0.717) is 71.4 Å². The number of fused-ring (bicyclic) bond motifs is 1. The molecule has 0 spiro atoms. The Morgan fingerprint density at radius 1 is 1.00 bits per heavy atom. The maximum absolute atomic E-state index is 13.5. The molecular weight excluding hydrogens is 470 g/mol. The number of methoxy groups -OCH3 is 1. The predicted molar refractivity (Wildman–Crippen MR) is 134 cm³/mol. The summed E-state index contributed by atoms with van der Waals surface area (Å²) in [6, 6.07) is 10.6. The summed E-state index contributed by atoms with van der Waals surface area (Å²) in [4.78, 5) is 13.5. The van der Waals surface area contributed by atoms with Gasteiger partial charge in [-0.3, -0.25) is 9.00 Å². The first kappa shape index (κ1) is 24.6. The van der Waals surface area contributed by atoms with Crippen LogP contribution >= 0.6 is 0 Å². The average molecular weight is 500 g/mol. The number of rotatable bonds is 10. The van der Waals surface area contributed by atoms with Crippen LogP contribution in [-0.4, -0.2) is 46.8 Å². The molecule has 0 aliphatic carbocycles. The second-order valence-corrected chi connectivity index (χ2v) is 9.12. The summed E-state index contributed by atoms with van der Waals surface area (Å²) in [7, 11) is 0.550. The quantitative estimate of drug-likeness (QED) is 0.448. The SMILES string of the molecule is CCOc1cc(C(=O)Nc2c3c(nn2-c2ccc(OC)cc2)C[S@](=O)C3)cc(OCC)c1OCC. The molecule has 2 aromatic carbocycles. The third-order valence-corrected chi connectivity index (χ3v) is 6.60. The highest BCUT2D eigenvalue weighted by molar-refractivity contribution is 7.83. The lowest BCUT2D eigenvalue weighted by Crippen LogP contribution is -2.17. The first-order chi connectivity index (χ1) is 17.0. The zero-order valence-corrected chi connectivity index (χ0v) is 21.1. The number of carbonyl (C=O) groups excluding carboxylic acids is 1. The van der Waals surface area contributed by atoms with Crippen LogP contribution in [0.25, 0.3) is 5.69 Å². The minimum atomic E-state index is -1.05. The first-order valence-electron chi connectivity index (χ1n) is 11.5. The van der Waals surface area contributed by atoms with Gasteiger partial charge in [0.25, 0.3) is 5.91 Å². The molecule has 0 unspecified atom stereocenters. The summed E-state index contributed by atoms with van der Waals surface area (Å²) in [6.45, 7) is 6.83. The molecule has 3 aromatic rings. The summed E-state index contributed by atoms with van der Waals surface area (Å²) < 4.78 is 36.4. The molecule has 2 heterocycles. The van der Waals surface area contributed by atoms with Crippen molar-refractivity contribution in [3.05, 3.63) is 53.2 Å². The van der Waals surface area contributed by atoms with E-state index >= 15 is 0 Å². The van der Waals surface area contributed by atoms with Crippen LogP contribution in [0.2, 0.25) is 0 Å². The highest BCUT2D eigenvalue weighted by Gasteiger charge is 2.29.